The van der Waals surface area contributed by atoms with Crippen molar-refractivity contribution in [1.29, 1.82) is 5.26 Å². The van der Waals surface area contributed by atoms with E-state index in [0.717, 1.165) is 17.7 Å². The first-order valence-corrected chi connectivity index (χ1v) is 5.59. The molecule has 4 nitrogen and oxygen atoms in total. The van der Waals surface area contributed by atoms with Gasteiger partial charge in [-0.15, -0.1) is 0 Å². The Morgan fingerprint density at radius 1 is 1.53 bits per heavy atom. The minimum atomic E-state index is -0.510. The van der Waals surface area contributed by atoms with Crippen molar-refractivity contribution in [3.8, 4) is 11.8 Å². The van der Waals surface area contributed by atoms with Crippen molar-refractivity contribution in [3.63, 3.8) is 0 Å². The topological polar surface area (TPSA) is 71.1 Å². The van der Waals surface area contributed by atoms with E-state index in [1.165, 1.54) is 0 Å². The summed E-state index contributed by atoms with van der Waals surface area (Å²) in [5.41, 5.74) is 7.03. The Bertz CT molecular complexity index is 558. The molecule has 0 radical (unpaired) electrons. The van der Waals surface area contributed by atoms with Crippen molar-refractivity contribution in [1.82, 2.24) is 5.32 Å². The van der Waals surface area contributed by atoms with Crippen LogP contribution in [0.15, 0.2) is 35.7 Å². The van der Waals surface area contributed by atoms with E-state index >= 15 is 0 Å². The standard InChI is InChI=1S/C13H13N3O/c1-13-6-9(10(7-14)12(15)16-13)8-4-2-3-5-11(8)17-13/h2-5,9,16H,6,15H2,1H3. The molecule has 3 rings (SSSR count). The number of hydrogen-bond donors (Lipinski definition) is 2. The van der Waals surface area contributed by atoms with Gasteiger partial charge in [-0.25, -0.2) is 0 Å². The molecule has 0 aromatic heterocycles. The predicted octanol–water partition coefficient (Wildman–Crippen LogP) is 1.57. The lowest BCUT2D eigenvalue weighted by molar-refractivity contribution is 0.0256. The molecule has 17 heavy (non-hydrogen) atoms. The maximum absolute atomic E-state index is 9.21. The maximum atomic E-state index is 9.21. The van der Waals surface area contributed by atoms with Gasteiger partial charge in [-0.05, 0) is 13.0 Å². The van der Waals surface area contributed by atoms with Gasteiger partial charge in [-0.1, -0.05) is 18.2 Å². The number of hydrogen-bond acceptors (Lipinski definition) is 4. The summed E-state index contributed by atoms with van der Waals surface area (Å²) < 4.78 is 5.92. The molecule has 2 unspecified atom stereocenters. The highest BCUT2D eigenvalue weighted by atomic mass is 16.5. The number of benzene rings is 1. The lowest BCUT2D eigenvalue weighted by Gasteiger charge is -2.44. The van der Waals surface area contributed by atoms with E-state index in [0.29, 0.717) is 11.4 Å². The molecule has 0 fully saturated rings. The van der Waals surface area contributed by atoms with Gasteiger partial charge < -0.3 is 15.8 Å². The molecule has 2 heterocycles. The molecule has 3 N–H and O–H groups in total. The molecule has 0 saturated carbocycles. The number of fused-ring (bicyclic) bond motifs is 4. The fraction of sp³-hybridized carbons (Fsp3) is 0.308. The van der Waals surface area contributed by atoms with Crippen molar-refractivity contribution < 1.29 is 4.74 Å². The zero-order valence-corrected chi connectivity index (χ0v) is 9.53. The summed E-state index contributed by atoms with van der Waals surface area (Å²) in [6.07, 6.45) is 0.730. The number of para-hydroxylation sites is 1. The minimum absolute atomic E-state index is 0.0381. The van der Waals surface area contributed by atoms with Crippen LogP contribution in [0.5, 0.6) is 5.75 Å². The highest BCUT2D eigenvalue weighted by Gasteiger charge is 2.43. The largest absolute Gasteiger partial charge is 0.468 e. The zero-order chi connectivity index (χ0) is 12.0. The first-order valence-electron chi connectivity index (χ1n) is 5.59. The summed E-state index contributed by atoms with van der Waals surface area (Å²) in [6, 6.07) is 10.0. The van der Waals surface area contributed by atoms with Crippen LogP contribution < -0.4 is 15.8 Å². The second kappa shape index (κ2) is 3.17. The summed E-state index contributed by atoms with van der Waals surface area (Å²) in [5.74, 6) is 1.30. The Morgan fingerprint density at radius 3 is 3.06 bits per heavy atom. The van der Waals surface area contributed by atoms with Crippen molar-refractivity contribution >= 4 is 0 Å². The number of ether oxygens (including phenoxy) is 1. The number of nitriles is 1. The van der Waals surface area contributed by atoms with Gasteiger partial charge >= 0.3 is 0 Å². The molecule has 4 heteroatoms. The summed E-state index contributed by atoms with van der Waals surface area (Å²) in [5, 5.41) is 12.3. The molecule has 1 aromatic carbocycles. The normalized spacial score (nSPS) is 29.8. The molecule has 0 amide bonds. The second-order valence-corrected chi connectivity index (χ2v) is 4.69. The van der Waals surface area contributed by atoms with Gasteiger partial charge in [0.1, 0.15) is 11.6 Å². The van der Waals surface area contributed by atoms with Crippen LogP contribution in [0.4, 0.5) is 0 Å². The van der Waals surface area contributed by atoms with Crippen LogP contribution in [-0.2, 0) is 0 Å². The Kier molecular flexibility index (Phi) is 1.87. The molecule has 0 aliphatic carbocycles. The Hall–Kier alpha value is -2.15. The van der Waals surface area contributed by atoms with Crippen molar-refractivity contribution in [2.24, 2.45) is 5.73 Å². The van der Waals surface area contributed by atoms with Gasteiger partial charge in [0.15, 0.2) is 5.72 Å². The molecule has 2 atom stereocenters. The van der Waals surface area contributed by atoms with E-state index in [4.69, 9.17) is 10.5 Å². The fourth-order valence-corrected chi connectivity index (χ4v) is 2.66. The molecular weight excluding hydrogens is 214 g/mol. The van der Waals surface area contributed by atoms with E-state index in [-0.39, 0.29) is 5.92 Å². The maximum Gasteiger partial charge on any atom is 0.179 e. The first-order chi connectivity index (χ1) is 8.13. The number of nitrogens with zero attached hydrogens (tertiary/aromatic N) is 1. The van der Waals surface area contributed by atoms with Gasteiger partial charge in [0.2, 0.25) is 0 Å². The van der Waals surface area contributed by atoms with Crippen LogP contribution in [0.3, 0.4) is 0 Å². The van der Waals surface area contributed by atoms with Gasteiger partial charge in [-0.3, -0.25) is 0 Å². The lowest BCUT2D eigenvalue weighted by Crippen LogP contribution is -2.55. The fourth-order valence-electron chi connectivity index (χ4n) is 2.66. The highest BCUT2D eigenvalue weighted by molar-refractivity contribution is 5.49. The molecule has 0 saturated heterocycles. The average molecular weight is 227 g/mol. The van der Waals surface area contributed by atoms with Crippen molar-refractivity contribution in [2.45, 2.75) is 25.0 Å². The number of nitrogens with one attached hydrogen (secondary N) is 1. The lowest BCUT2D eigenvalue weighted by atomic mass is 9.80. The van der Waals surface area contributed by atoms with E-state index in [2.05, 4.69) is 11.4 Å². The number of rotatable bonds is 0. The Labute approximate surface area is 99.7 Å². The SMILES string of the molecule is CC12CC(C(C#N)=C(N)N1)c1ccccc1O2. The number of allylic oxidation sites excluding steroid dienone is 1. The number of nitrogens with two attached hydrogens (primary N) is 1. The monoisotopic (exact) mass is 227 g/mol. The summed E-state index contributed by atoms with van der Waals surface area (Å²) >= 11 is 0. The molecule has 2 aliphatic rings. The van der Waals surface area contributed by atoms with E-state index in [9.17, 15) is 5.26 Å². The molecule has 2 aliphatic heterocycles. The predicted molar refractivity (Wildman–Crippen MR) is 62.8 cm³/mol. The van der Waals surface area contributed by atoms with Crippen LogP contribution >= 0.6 is 0 Å². The van der Waals surface area contributed by atoms with Crippen LogP contribution in [0.2, 0.25) is 0 Å². The van der Waals surface area contributed by atoms with Crippen molar-refractivity contribution in [3.05, 3.63) is 41.2 Å². The molecular formula is C13H13N3O. The van der Waals surface area contributed by atoms with E-state index < -0.39 is 5.72 Å². The second-order valence-electron chi connectivity index (χ2n) is 4.69. The van der Waals surface area contributed by atoms with Crippen molar-refractivity contribution in [2.75, 3.05) is 0 Å². The first kappa shape index (κ1) is 10.0. The Balaban J connectivity index is 2.21. The highest BCUT2D eigenvalue weighted by Crippen LogP contribution is 2.46. The molecule has 86 valence electrons. The van der Waals surface area contributed by atoms with Gasteiger partial charge in [-0.2, -0.15) is 5.26 Å². The smallest absolute Gasteiger partial charge is 0.179 e. The van der Waals surface area contributed by atoms with Gasteiger partial charge in [0, 0.05) is 17.9 Å². The van der Waals surface area contributed by atoms with E-state index in [1.54, 1.807) is 0 Å². The summed E-state index contributed by atoms with van der Waals surface area (Å²) in [4.78, 5) is 0. The minimum Gasteiger partial charge on any atom is -0.468 e. The Morgan fingerprint density at radius 2 is 2.29 bits per heavy atom. The molecule has 1 aromatic rings. The third-order valence-electron chi connectivity index (χ3n) is 3.38. The third kappa shape index (κ3) is 1.36. The van der Waals surface area contributed by atoms with Gasteiger partial charge in [0.25, 0.3) is 0 Å². The van der Waals surface area contributed by atoms with Crippen LogP contribution in [0.25, 0.3) is 0 Å². The average Bonchev–Trinajstić information content (AvgIpc) is 2.28. The zero-order valence-electron chi connectivity index (χ0n) is 9.53. The summed E-state index contributed by atoms with van der Waals surface area (Å²) in [7, 11) is 0. The molecule has 2 bridgehead atoms. The van der Waals surface area contributed by atoms with Crippen LogP contribution in [-0.4, -0.2) is 5.72 Å². The van der Waals surface area contributed by atoms with Crippen LogP contribution in [0, 0.1) is 11.3 Å². The van der Waals surface area contributed by atoms with Crippen LogP contribution in [0.1, 0.15) is 24.8 Å². The summed E-state index contributed by atoms with van der Waals surface area (Å²) in [6.45, 7) is 1.96. The van der Waals surface area contributed by atoms with E-state index in [1.807, 2.05) is 31.2 Å². The molecule has 0 spiro atoms. The third-order valence-corrected chi connectivity index (χ3v) is 3.38. The van der Waals surface area contributed by atoms with Gasteiger partial charge in [0.05, 0.1) is 11.6 Å². The quantitative estimate of drug-likeness (QED) is 0.705.